The second kappa shape index (κ2) is 5.42. The van der Waals surface area contributed by atoms with E-state index in [1.165, 1.54) is 0 Å². The second-order valence-corrected chi connectivity index (χ2v) is 9.23. The molecule has 25 heavy (non-hydrogen) atoms. The Labute approximate surface area is 146 Å². The van der Waals surface area contributed by atoms with Crippen molar-refractivity contribution in [2.75, 3.05) is 16.8 Å². The molecule has 0 saturated carbocycles. The number of sulfone groups is 1. The van der Waals surface area contributed by atoms with Gasteiger partial charge in [0.05, 0.1) is 28.9 Å². The van der Waals surface area contributed by atoms with Crippen molar-refractivity contribution in [1.82, 2.24) is 19.6 Å². The number of nitrogens with zero attached hydrogens (tertiary/aromatic N) is 4. The minimum atomic E-state index is -3.03. The first kappa shape index (κ1) is 16.3. The van der Waals surface area contributed by atoms with E-state index in [2.05, 4.69) is 15.5 Å². The first-order chi connectivity index (χ1) is 11.7. The van der Waals surface area contributed by atoms with Gasteiger partial charge in [-0.25, -0.2) is 13.1 Å². The van der Waals surface area contributed by atoms with Gasteiger partial charge in [0, 0.05) is 36.7 Å². The zero-order chi connectivity index (χ0) is 17.9. The number of rotatable bonds is 2. The van der Waals surface area contributed by atoms with Gasteiger partial charge in [-0.15, -0.1) is 0 Å². The number of anilines is 1. The Bertz CT molecular complexity index is 972. The van der Waals surface area contributed by atoms with E-state index >= 15 is 0 Å². The van der Waals surface area contributed by atoms with Crippen molar-refractivity contribution >= 4 is 21.6 Å². The Morgan fingerprint density at radius 3 is 2.60 bits per heavy atom. The highest BCUT2D eigenvalue weighted by Gasteiger charge is 2.38. The van der Waals surface area contributed by atoms with Crippen molar-refractivity contribution < 1.29 is 13.2 Å². The topological polar surface area (TPSA) is 98.9 Å². The van der Waals surface area contributed by atoms with Gasteiger partial charge in [-0.3, -0.25) is 9.48 Å². The van der Waals surface area contributed by atoms with Gasteiger partial charge in [0.15, 0.2) is 9.84 Å². The molecule has 0 aliphatic carbocycles. The molecular formula is C16H21N5O3S. The van der Waals surface area contributed by atoms with Gasteiger partial charge in [-0.05, 0) is 20.3 Å². The summed E-state index contributed by atoms with van der Waals surface area (Å²) in [5, 5.41) is 11.9. The minimum Gasteiger partial charge on any atom is -0.311 e. The predicted octanol–water partition coefficient (Wildman–Crippen LogP) is 1.07. The lowest BCUT2D eigenvalue weighted by Crippen LogP contribution is -2.26. The molecular weight excluding hydrogens is 342 g/mol. The highest BCUT2D eigenvalue weighted by molar-refractivity contribution is 7.91. The maximum Gasteiger partial charge on any atom is 0.226 e. The van der Waals surface area contributed by atoms with Crippen LogP contribution >= 0.6 is 0 Å². The lowest BCUT2D eigenvalue weighted by atomic mass is 9.86. The Balaban J connectivity index is 1.82. The fourth-order valence-corrected chi connectivity index (χ4v) is 5.72. The molecule has 4 rings (SSSR count). The fraction of sp³-hybridized carbons (Fsp3) is 0.562. The molecule has 2 atom stereocenters. The van der Waals surface area contributed by atoms with E-state index in [0.717, 1.165) is 22.5 Å². The van der Waals surface area contributed by atoms with Gasteiger partial charge in [-0.1, -0.05) is 0 Å². The normalized spacial score (nSPS) is 25.0. The lowest BCUT2D eigenvalue weighted by molar-refractivity contribution is -0.116. The summed E-state index contributed by atoms with van der Waals surface area (Å²) in [7, 11) is -1.17. The van der Waals surface area contributed by atoms with E-state index in [0.29, 0.717) is 18.7 Å². The molecule has 2 aromatic heterocycles. The van der Waals surface area contributed by atoms with Gasteiger partial charge in [0.25, 0.3) is 0 Å². The number of amides is 1. The third-order valence-electron chi connectivity index (χ3n) is 5.11. The number of nitrogens with one attached hydrogen (secondary N) is 1. The maximum atomic E-state index is 12.3. The van der Waals surface area contributed by atoms with E-state index in [1.54, 1.807) is 9.36 Å². The molecule has 1 N–H and O–H groups in total. The van der Waals surface area contributed by atoms with Crippen molar-refractivity contribution in [3.8, 4) is 0 Å². The van der Waals surface area contributed by atoms with Gasteiger partial charge >= 0.3 is 0 Å². The lowest BCUT2D eigenvalue weighted by Gasteiger charge is -2.25. The number of aryl methyl sites for hydroxylation is 3. The molecule has 1 amide bonds. The summed E-state index contributed by atoms with van der Waals surface area (Å²) in [4.78, 5) is 12.3. The van der Waals surface area contributed by atoms with Crippen molar-refractivity contribution in [2.24, 2.45) is 7.05 Å². The SMILES string of the molecule is Cc1nn(C)cc1[C@@H]1CC(=O)Nc2c1c(C)nn2[C@@H]1CCS(=O)(=O)C1. The molecule has 2 aliphatic rings. The number of hydrogen-bond donors (Lipinski definition) is 1. The van der Waals surface area contributed by atoms with E-state index < -0.39 is 9.84 Å². The fourth-order valence-electron chi connectivity index (χ4n) is 4.03. The summed E-state index contributed by atoms with van der Waals surface area (Å²) in [6, 6.07) is -0.221. The Morgan fingerprint density at radius 2 is 2.00 bits per heavy atom. The molecule has 134 valence electrons. The average Bonchev–Trinajstić information content (AvgIpc) is 3.14. The molecule has 0 aromatic carbocycles. The number of aromatic nitrogens is 4. The van der Waals surface area contributed by atoms with Gasteiger partial charge in [-0.2, -0.15) is 10.2 Å². The molecule has 1 saturated heterocycles. The van der Waals surface area contributed by atoms with E-state index in [4.69, 9.17) is 0 Å². The molecule has 0 radical (unpaired) electrons. The zero-order valence-corrected chi connectivity index (χ0v) is 15.3. The standard InChI is InChI=1S/C16H21N5O3S/c1-9-13(7-20(3)18-9)12-6-14(22)17-16-15(12)10(2)19-21(16)11-4-5-25(23,24)8-11/h7,11-12H,4-6,8H2,1-3H3,(H,17,22)/t11-,12+/m1/s1. The van der Waals surface area contributed by atoms with Gasteiger partial charge in [0.2, 0.25) is 5.91 Å². The first-order valence-corrected chi connectivity index (χ1v) is 10.2. The third-order valence-corrected chi connectivity index (χ3v) is 6.86. The monoisotopic (exact) mass is 363 g/mol. The van der Waals surface area contributed by atoms with Crippen molar-refractivity contribution in [3.63, 3.8) is 0 Å². The zero-order valence-electron chi connectivity index (χ0n) is 14.5. The molecule has 4 heterocycles. The Morgan fingerprint density at radius 1 is 1.24 bits per heavy atom. The van der Waals surface area contributed by atoms with Crippen LogP contribution in [0, 0.1) is 13.8 Å². The summed E-state index contributed by atoms with van der Waals surface area (Å²) < 4.78 is 27.2. The number of fused-ring (bicyclic) bond motifs is 1. The molecule has 8 nitrogen and oxygen atoms in total. The summed E-state index contributed by atoms with van der Waals surface area (Å²) in [6.45, 7) is 3.85. The van der Waals surface area contributed by atoms with Gasteiger partial charge < -0.3 is 5.32 Å². The van der Waals surface area contributed by atoms with Crippen LogP contribution in [-0.2, 0) is 21.7 Å². The largest absolute Gasteiger partial charge is 0.311 e. The molecule has 1 fully saturated rings. The third kappa shape index (κ3) is 2.66. The van der Waals surface area contributed by atoms with Gasteiger partial charge in [0.1, 0.15) is 5.82 Å². The van der Waals surface area contributed by atoms with Crippen LogP contribution in [0.2, 0.25) is 0 Å². The van der Waals surface area contributed by atoms with Crippen LogP contribution in [0.3, 0.4) is 0 Å². The van der Waals surface area contributed by atoms with Crippen LogP contribution in [-0.4, -0.2) is 45.4 Å². The highest BCUT2D eigenvalue weighted by Crippen LogP contribution is 2.42. The molecule has 2 aliphatic heterocycles. The van der Waals surface area contributed by atoms with Crippen molar-refractivity contribution in [2.45, 2.75) is 38.6 Å². The molecule has 0 spiro atoms. The van der Waals surface area contributed by atoms with Crippen LogP contribution in [0.4, 0.5) is 5.82 Å². The quantitative estimate of drug-likeness (QED) is 0.860. The minimum absolute atomic E-state index is 0.0764. The number of carbonyl (C=O) groups excluding carboxylic acids is 1. The second-order valence-electron chi connectivity index (χ2n) is 7.00. The summed E-state index contributed by atoms with van der Waals surface area (Å²) in [5.74, 6) is 0.702. The van der Waals surface area contributed by atoms with Crippen molar-refractivity contribution in [3.05, 3.63) is 28.7 Å². The Hall–Kier alpha value is -2.16. The molecule has 0 unspecified atom stereocenters. The Kier molecular flexibility index (Phi) is 3.54. The molecule has 9 heteroatoms. The smallest absolute Gasteiger partial charge is 0.226 e. The van der Waals surface area contributed by atoms with E-state index in [-0.39, 0.29) is 29.4 Å². The number of hydrogen-bond acceptors (Lipinski definition) is 5. The van der Waals surface area contributed by atoms with Crippen LogP contribution < -0.4 is 5.32 Å². The van der Waals surface area contributed by atoms with Crippen LogP contribution in [0.5, 0.6) is 0 Å². The summed E-state index contributed by atoms with van der Waals surface area (Å²) in [6.07, 6.45) is 2.82. The average molecular weight is 363 g/mol. The maximum absolute atomic E-state index is 12.3. The first-order valence-electron chi connectivity index (χ1n) is 8.34. The molecule has 2 aromatic rings. The highest BCUT2D eigenvalue weighted by atomic mass is 32.2. The predicted molar refractivity (Wildman–Crippen MR) is 92.3 cm³/mol. The summed E-state index contributed by atoms with van der Waals surface area (Å²) in [5.41, 5.74) is 3.71. The number of carbonyl (C=O) groups is 1. The van der Waals surface area contributed by atoms with Crippen LogP contribution in [0.1, 0.15) is 47.3 Å². The van der Waals surface area contributed by atoms with Crippen molar-refractivity contribution in [1.29, 1.82) is 0 Å². The van der Waals surface area contributed by atoms with E-state index in [9.17, 15) is 13.2 Å². The van der Waals surface area contributed by atoms with E-state index in [1.807, 2.05) is 27.1 Å². The van der Waals surface area contributed by atoms with Crippen LogP contribution in [0.15, 0.2) is 6.20 Å². The van der Waals surface area contributed by atoms with Crippen LogP contribution in [0.25, 0.3) is 0 Å². The molecule has 0 bridgehead atoms. The summed E-state index contributed by atoms with van der Waals surface area (Å²) >= 11 is 0.